The molecule has 0 saturated carbocycles. The lowest BCUT2D eigenvalue weighted by molar-refractivity contribution is -0.151. The number of carbonyl (C=O) groups excluding carboxylic acids is 4. The fourth-order valence-electron chi connectivity index (χ4n) is 5.27. The van der Waals surface area contributed by atoms with E-state index in [1.165, 1.54) is 9.80 Å². The van der Waals surface area contributed by atoms with Crippen molar-refractivity contribution in [2.45, 2.75) is 25.8 Å². The Bertz CT molecular complexity index is 1300. The Kier molecular flexibility index (Phi) is 7.53. The lowest BCUT2D eigenvalue weighted by atomic mass is 9.95. The van der Waals surface area contributed by atoms with Gasteiger partial charge < -0.3 is 24.6 Å². The lowest BCUT2D eigenvalue weighted by Gasteiger charge is -2.32. The number of rotatable bonds is 7. The molecule has 0 spiro atoms. The summed E-state index contributed by atoms with van der Waals surface area (Å²) < 4.78 is 11.1. The number of hydrogen-bond acceptors (Lipinski definition) is 6. The molecule has 2 aromatic carbocycles. The van der Waals surface area contributed by atoms with Gasteiger partial charge in [0.05, 0.1) is 36.4 Å². The van der Waals surface area contributed by atoms with Gasteiger partial charge >= 0.3 is 12.0 Å². The van der Waals surface area contributed by atoms with Gasteiger partial charge in [-0.1, -0.05) is 30.3 Å². The van der Waals surface area contributed by atoms with Crippen molar-refractivity contribution in [1.82, 2.24) is 20.0 Å². The first-order chi connectivity index (χ1) is 18.9. The van der Waals surface area contributed by atoms with Crippen molar-refractivity contribution >= 4 is 23.8 Å². The first kappa shape index (κ1) is 26.3. The van der Waals surface area contributed by atoms with Crippen LogP contribution in [0.3, 0.4) is 0 Å². The molecule has 10 heteroatoms. The second kappa shape index (κ2) is 11.2. The van der Waals surface area contributed by atoms with Crippen LogP contribution in [0.15, 0.2) is 65.9 Å². The zero-order valence-corrected chi connectivity index (χ0v) is 22.1. The third-order valence-electron chi connectivity index (χ3n) is 7.40. The Hall–Kier alpha value is -4.34. The van der Waals surface area contributed by atoms with E-state index in [0.717, 1.165) is 0 Å². The van der Waals surface area contributed by atoms with E-state index < -0.39 is 6.04 Å². The van der Waals surface area contributed by atoms with Gasteiger partial charge in [-0.25, -0.2) is 4.79 Å². The summed E-state index contributed by atoms with van der Waals surface area (Å²) in [5, 5.41) is 2.93. The van der Waals surface area contributed by atoms with Crippen molar-refractivity contribution < 1.29 is 28.7 Å². The molecule has 0 aliphatic carbocycles. The Morgan fingerprint density at radius 3 is 2.44 bits per heavy atom. The van der Waals surface area contributed by atoms with Gasteiger partial charge in [0.25, 0.3) is 5.91 Å². The molecule has 2 aromatic rings. The van der Waals surface area contributed by atoms with Crippen molar-refractivity contribution in [2.75, 3.05) is 39.8 Å². The molecule has 0 radical (unpaired) electrons. The van der Waals surface area contributed by atoms with Crippen LogP contribution >= 0.6 is 0 Å². The average Bonchev–Trinajstić information content (AvgIpc) is 3.27. The van der Waals surface area contributed by atoms with Crippen molar-refractivity contribution in [1.29, 1.82) is 0 Å². The normalized spacial score (nSPS) is 19.6. The summed E-state index contributed by atoms with van der Waals surface area (Å²) in [4.78, 5) is 56.2. The number of nitrogens with zero attached hydrogens (tertiary/aromatic N) is 3. The number of ether oxygens (including phenoxy) is 2. The van der Waals surface area contributed by atoms with Gasteiger partial charge in [-0.15, -0.1) is 0 Å². The molecular formula is C29H32N4O6. The van der Waals surface area contributed by atoms with Crippen LogP contribution in [-0.4, -0.2) is 78.3 Å². The third-order valence-corrected chi connectivity index (χ3v) is 7.40. The molecule has 5 rings (SSSR count). The summed E-state index contributed by atoms with van der Waals surface area (Å²) in [6.45, 7) is 3.06. The highest BCUT2D eigenvalue weighted by atomic mass is 16.5. The van der Waals surface area contributed by atoms with Crippen LogP contribution < -0.4 is 10.1 Å². The molecule has 204 valence electrons. The molecule has 3 heterocycles. The molecular weight excluding hydrogens is 500 g/mol. The van der Waals surface area contributed by atoms with Crippen LogP contribution in [0.4, 0.5) is 4.79 Å². The van der Waals surface area contributed by atoms with Crippen LogP contribution in [0, 0.1) is 5.92 Å². The maximum Gasteiger partial charge on any atom is 0.322 e. The Balaban J connectivity index is 1.29. The standard InChI is InChI=1S/C29H32N4O6/c1-3-38-28(36)19-12-14-32(15-13-19)24(34)18-33-17-23-25(27(33)35)26(30-29(37)31(23)2)20-8-7-11-22(16-20)39-21-9-5-4-6-10-21/h4-11,16,19,26H,3,12-15,17-18H2,1-2H3,(H,30,37)/t26-/m0/s1. The fraction of sp³-hybridized carbons (Fsp3) is 0.379. The molecule has 1 saturated heterocycles. The summed E-state index contributed by atoms with van der Waals surface area (Å²) in [6.07, 6.45) is 1.08. The SMILES string of the molecule is CCOC(=O)C1CCN(C(=O)CN2CC3=C(C2=O)[C@H](c2cccc(Oc4ccccc4)c2)NC(=O)N3C)CC1. The van der Waals surface area contributed by atoms with Gasteiger partial charge in [-0.3, -0.25) is 19.3 Å². The minimum absolute atomic E-state index is 0.0954. The van der Waals surface area contributed by atoms with E-state index in [1.807, 2.05) is 54.6 Å². The number of piperidine rings is 1. The second-order valence-corrected chi connectivity index (χ2v) is 9.86. The monoisotopic (exact) mass is 532 g/mol. The number of esters is 1. The van der Waals surface area contributed by atoms with Crippen LogP contribution in [-0.2, 0) is 19.1 Å². The number of likely N-dealkylation sites (N-methyl/N-ethyl adjacent to an activating group) is 1. The number of likely N-dealkylation sites (tertiary alicyclic amines) is 1. The molecule has 0 bridgehead atoms. The predicted octanol–water partition coefficient (Wildman–Crippen LogP) is 3.07. The van der Waals surface area contributed by atoms with Gasteiger partial charge in [0.2, 0.25) is 5.91 Å². The average molecular weight is 533 g/mol. The van der Waals surface area contributed by atoms with Gasteiger partial charge in [0.1, 0.15) is 18.0 Å². The van der Waals surface area contributed by atoms with Crippen LogP contribution in [0.5, 0.6) is 11.5 Å². The minimum atomic E-state index is -0.670. The first-order valence-corrected chi connectivity index (χ1v) is 13.2. The zero-order valence-electron chi connectivity index (χ0n) is 22.1. The third kappa shape index (κ3) is 5.45. The molecule has 3 aliphatic rings. The fourth-order valence-corrected chi connectivity index (χ4v) is 5.27. The molecule has 0 unspecified atom stereocenters. The molecule has 39 heavy (non-hydrogen) atoms. The van der Waals surface area contributed by atoms with Crippen molar-refractivity contribution in [3.63, 3.8) is 0 Å². The number of carbonyl (C=O) groups is 4. The number of amides is 4. The number of para-hydroxylation sites is 1. The van der Waals surface area contributed by atoms with E-state index in [4.69, 9.17) is 9.47 Å². The first-order valence-electron chi connectivity index (χ1n) is 13.2. The van der Waals surface area contributed by atoms with Crippen molar-refractivity contribution in [2.24, 2.45) is 5.92 Å². The lowest BCUT2D eigenvalue weighted by Crippen LogP contribution is -2.46. The second-order valence-electron chi connectivity index (χ2n) is 9.86. The highest BCUT2D eigenvalue weighted by molar-refractivity contribution is 6.03. The summed E-state index contributed by atoms with van der Waals surface area (Å²) in [5.41, 5.74) is 1.74. The molecule has 10 nitrogen and oxygen atoms in total. The Morgan fingerprint density at radius 1 is 1.00 bits per heavy atom. The number of urea groups is 1. The molecule has 3 aliphatic heterocycles. The topological polar surface area (TPSA) is 108 Å². The summed E-state index contributed by atoms with van der Waals surface area (Å²) in [6, 6.07) is 15.6. The van der Waals surface area contributed by atoms with E-state index in [0.29, 0.717) is 60.9 Å². The van der Waals surface area contributed by atoms with Gasteiger partial charge in [-0.2, -0.15) is 0 Å². The summed E-state index contributed by atoms with van der Waals surface area (Å²) >= 11 is 0. The summed E-state index contributed by atoms with van der Waals surface area (Å²) in [7, 11) is 1.62. The maximum absolute atomic E-state index is 13.6. The quantitative estimate of drug-likeness (QED) is 0.549. The highest BCUT2D eigenvalue weighted by Gasteiger charge is 2.44. The van der Waals surface area contributed by atoms with Gasteiger partial charge in [-0.05, 0) is 49.6 Å². The number of nitrogens with one attached hydrogen (secondary N) is 1. The smallest absolute Gasteiger partial charge is 0.322 e. The van der Waals surface area contributed by atoms with Crippen molar-refractivity contribution in [3.05, 3.63) is 71.4 Å². The van der Waals surface area contributed by atoms with Gasteiger partial charge in [0, 0.05) is 20.1 Å². The molecule has 4 amide bonds. The molecule has 1 atom stereocenters. The summed E-state index contributed by atoms with van der Waals surface area (Å²) in [5.74, 6) is 0.367. The maximum atomic E-state index is 13.6. The van der Waals surface area contributed by atoms with Gasteiger partial charge in [0.15, 0.2) is 0 Å². The molecule has 1 N–H and O–H groups in total. The van der Waals surface area contributed by atoms with Crippen LogP contribution in [0.1, 0.15) is 31.4 Å². The van der Waals surface area contributed by atoms with E-state index in [1.54, 1.807) is 18.9 Å². The number of benzene rings is 2. The van der Waals surface area contributed by atoms with E-state index in [9.17, 15) is 19.2 Å². The van der Waals surface area contributed by atoms with E-state index in [2.05, 4.69) is 5.32 Å². The largest absolute Gasteiger partial charge is 0.466 e. The van der Waals surface area contributed by atoms with E-state index in [-0.39, 0.29) is 42.8 Å². The molecule has 0 aromatic heterocycles. The minimum Gasteiger partial charge on any atom is -0.466 e. The van der Waals surface area contributed by atoms with E-state index >= 15 is 0 Å². The number of hydrogen-bond donors (Lipinski definition) is 1. The van der Waals surface area contributed by atoms with Crippen LogP contribution in [0.25, 0.3) is 0 Å². The Morgan fingerprint density at radius 2 is 1.72 bits per heavy atom. The zero-order chi connectivity index (χ0) is 27.5. The highest BCUT2D eigenvalue weighted by Crippen LogP contribution is 2.37. The van der Waals surface area contributed by atoms with Crippen LogP contribution in [0.2, 0.25) is 0 Å². The predicted molar refractivity (Wildman–Crippen MR) is 142 cm³/mol. The Labute approximate surface area is 227 Å². The van der Waals surface area contributed by atoms with Crippen molar-refractivity contribution in [3.8, 4) is 11.5 Å². The molecule has 1 fully saturated rings.